The lowest BCUT2D eigenvalue weighted by atomic mass is 10.1. The highest BCUT2D eigenvalue weighted by molar-refractivity contribution is 5.78. The van der Waals surface area contributed by atoms with Gasteiger partial charge in [0.1, 0.15) is 5.75 Å². The number of carbonyl (C=O) groups excluding carboxylic acids is 1. The first-order valence-electron chi connectivity index (χ1n) is 10.2. The van der Waals surface area contributed by atoms with E-state index in [1.165, 1.54) is 12.1 Å². The smallest absolute Gasteiger partial charge is 0.416 e. The standard InChI is InChI=1S/C23H27F3N2O2/c1-30-21-8-3-2-6-18(21)12-14-28-20(9-10-22(28)29)11-13-27-16-17-5-4-7-19(15-17)23(24,25)26/h2-8,15,20,27H,9-14,16H2,1H3/t20-/m1/s1. The molecule has 0 unspecified atom stereocenters. The Balaban J connectivity index is 1.48. The van der Waals surface area contributed by atoms with Crippen LogP contribution in [0.25, 0.3) is 0 Å². The van der Waals surface area contributed by atoms with Crippen molar-refractivity contribution in [1.29, 1.82) is 0 Å². The number of likely N-dealkylation sites (tertiary alicyclic amines) is 1. The zero-order chi connectivity index (χ0) is 21.6. The molecule has 162 valence electrons. The van der Waals surface area contributed by atoms with Crippen LogP contribution >= 0.6 is 0 Å². The Labute approximate surface area is 175 Å². The van der Waals surface area contributed by atoms with Crippen LogP contribution in [-0.4, -0.2) is 37.0 Å². The third kappa shape index (κ3) is 5.75. The van der Waals surface area contributed by atoms with Gasteiger partial charge < -0.3 is 15.0 Å². The van der Waals surface area contributed by atoms with Crippen molar-refractivity contribution < 1.29 is 22.7 Å². The van der Waals surface area contributed by atoms with E-state index in [4.69, 9.17) is 4.74 Å². The summed E-state index contributed by atoms with van der Waals surface area (Å²) in [6.07, 6.45) is -1.47. The molecule has 1 aliphatic heterocycles. The molecule has 1 N–H and O–H groups in total. The quantitative estimate of drug-likeness (QED) is 0.611. The SMILES string of the molecule is COc1ccccc1CCN1C(=O)CC[C@@H]1CCNCc1cccc(C(F)(F)F)c1. The van der Waals surface area contributed by atoms with Crippen LogP contribution in [0.1, 0.15) is 36.0 Å². The van der Waals surface area contributed by atoms with Crippen LogP contribution in [0.4, 0.5) is 13.2 Å². The molecule has 0 saturated carbocycles. The molecule has 2 aromatic carbocycles. The first-order chi connectivity index (χ1) is 14.4. The number of methoxy groups -OCH3 is 1. The van der Waals surface area contributed by atoms with Crippen LogP contribution in [0, 0.1) is 0 Å². The summed E-state index contributed by atoms with van der Waals surface area (Å²) in [5, 5.41) is 3.21. The zero-order valence-electron chi connectivity index (χ0n) is 17.0. The summed E-state index contributed by atoms with van der Waals surface area (Å²) in [6.45, 7) is 1.64. The average molecular weight is 420 g/mol. The van der Waals surface area contributed by atoms with Gasteiger partial charge in [0.15, 0.2) is 0 Å². The van der Waals surface area contributed by atoms with Crippen molar-refractivity contribution in [2.75, 3.05) is 20.2 Å². The first-order valence-corrected chi connectivity index (χ1v) is 10.2. The van der Waals surface area contributed by atoms with E-state index in [1.54, 1.807) is 13.2 Å². The molecule has 3 rings (SSSR count). The monoisotopic (exact) mass is 420 g/mol. The number of alkyl halides is 3. The van der Waals surface area contributed by atoms with Gasteiger partial charge in [-0.2, -0.15) is 13.2 Å². The molecule has 1 amide bonds. The lowest BCUT2D eigenvalue weighted by Gasteiger charge is -2.25. The van der Waals surface area contributed by atoms with Crippen LogP contribution in [0.5, 0.6) is 5.75 Å². The molecule has 30 heavy (non-hydrogen) atoms. The third-order valence-corrected chi connectivity index (χ3v) is 5.50. The van der Waals surface area contributed by atoms with Gasteiger partial charge in [0.25, 0.3) is 0 Å². The van der Waals surface area contributed by atoms with E-state index in [0.29, 0.717) is 31.6 Å². The first kappa shape index (κ1) is 22.2. The molecule has 7 heteroatoms. The highest BCUT2D eigenvalue weighted by atomic mass is 19.4. The number of benzene rings is 2. The lowest BCUT2D eigenvalue weighted by molar-refractivity contribution is -0.137. The topological polar surface area (TPSA) is 41.6 Å². The Kier molecular flexibility index (Phi) is 7.37. The molecule has 1 saturated heterocycles. The number of halogens is 3. The van der Waals surface area contributed by atoms with Crippen LogP contribution < -0.4 is 10.1 Å². The van der Waals surface area contributed by atoms with Crippen molar-refractivity contribution in [2.24, 2.45) is 0 Å². The number of hydrogen-bond donors (Lipinski definition) is 1. The van der Waals surface area contributed by atoms with E-state index in [1.807, 2.05) is 29.2 Å². The van der Waals surface area contributed by atoms with Gasteiger partial charge in [-0.05, 0) is 49.1 Å². The van der Waals surface area contributed by atoms with Crippen molar-refractivity contribution >= 4 is 5.91 Å². The maximum absolute atomic E-state index is 12.8. The molecular weight excluding hydrogens is 393 g/mol. The second-order valence-electron chi connectivity index (χ2n) is 7.51. The summed E-state index contributed by atoms with van der Waals surface area (Å²) in [7, 11) is 1.64. The summed E-state index contributed by atoms with van der Waals surface area (Å²) >= 11 is 0. The Hall–Kier alpha value is -2.54. The summed E-state index contributed by atoms with van der Waals surface area (Å²) in [6, 6.07) is 13.3. The van der Waals surface area contributed by atoms with Gasteiger partial charge in [-0.3, -0.25) is 4.79 Å². The van der Waals surface area contributed by atoms with Crippen molar-refractivity contribution in [2.45, 2.75) is 44.4 Å². The fourth-order valence-corrected chi connectivity index (χ4v) is 3.91. The molecule has 0 bridgehead atoms. The van der Waals surface area contributed by atoms with Crippen LogP contribution in [0.15, 0.2) is 48.5 Å². The average Bonchev–Trinajstić information content (AvgIpc) is 3.09. The molecule has 1 atom stereocenters. The molecule has 0 radical (unpaired) electrons. The third-order valence-electron chi connectivity index (χ3n) is 5.50. The Morgan fingerprint density at radius 2 is 1.97 bits per heavy atom. The van der Waals surface area contributed by atoms with E-state index < -0.39 is 11.7 Å². The van der Waals surface area contributed by atoms with E-state index in [-0.39, 0.29) is 11.9 Å². The molecule has 2 aromatic rings. The summed E-state index contributed by atoms with van der Waals surface area (Å²) in [5.74, 6) is 0.983. The van der Waals surface area contributed by atoms with Crippen molar-refractivity contribution in [1.82, 2.24) is 10.2 Å². The molecule has 0 aliphatic carbocycles. The molecular formula is C23H27F3N2O2. The number of hydrogen-bond acceptors (Lipinski definition) is 3. The van der Waals surface area contributed by atoms with Crippen molar-refractivity contribution in [3.8, 4) is 5.75 Å². The second kappa shape index (κ2) is 9.98. The van der Waals surface area contributed by atoms with Gasteiger partial charge in [0, 0.05) is 25.6 Å². The van der Waals surface area contributed by atoms with E-state index in [2.05, 4.69) is 5.32 Å². The largest absolute Gasteiger partial charge is 0.496 e. The maximum Gasteiger partial charge on any atom is 0.416 e. The fourth-order valence-electron chi connectivity index (χ4n) is 3.91. The zero-order valence-corrected chi connectivity index (χ0v) is 17.0. The predicted octanol–water partition coefficient (Wildman–Crippen LogP) is 4.43. The van der Waals surface area contributed by atoms with Gasteiger partial charge in [0.05, 0.1) is 12.7 Å². The number of rotatable bonds is 9. The van der Waals surface area contributed by atoms with Crippen molar-refractivity contribution in [3.05, 3.63) is 65.2 Å². The van der Waals surface area contributed by atoms with E-state index in [0.717, 1.165) is 36.6 Å². The highest BCUT2D eigenvalue weighted by Gasteiger charge is 2.31. The second-order valence-corrected chi connectivity index (χ2v) is 7.51. The van der Waals surface area contributed by atoms with Gasteiger partial charge in [-0.15, -0.1) is 0 Å². The maximum atomic E-state index is 12.8. The minimum Gasteiger partial charge on any atom is -0.496 e. The van der Waals surface area contributed by atoms with Crippen LogP contribution in [-0.2, 0) is 23.9 Å². The molecule has 0 aromatic heterocycles. The highest BCUT2D eigenvalue weighted by Crippen LogP contribution is 2.29. The minimum absolute atomic E-state index is 0.154. The number of ether oxygens (including phenoxy) is 1. The molecule has 0 spiro atoms. The normalized spacial score (nSPS) is 16.9. The number of para-hydroxylation sites is 1. The summed E-state index contributed by atoms with van der Waals surface area (Å²) in [4.78, 5) is 14.2. The Bertz CT molecular complexity index is 854. The van der Waals surface area contributed by atoms with Crippen molar-refractivity contribution in [3.63, 3.8) is 0 Å². The molecule has 1 heterocycles. The number of carbonyl (C=O) groups is 1. The van der Waals surface area contributed by atoms with Gasteiger partial charge in [-0.1, -0.05) is 36.4 Å². The molecule has 1 aliphatic rings. The fraction of sp³-hybridized carbons (Fsp3) is 0.435. The Morgan fingerprint density at radius 1 is 1.17 bits per heavy atom. The minimum atomic E-state index is -4.33. The molecule has 4 nitrogen and oxygen atoms in total. The molecule has 1 fully saturated rings. The van der Waals surface area contributed by atoms with Gasteiger partial charge >= 0.3 is 6.18 Å². The van der Waals surface area contributed by atoms with E-state index >= 15 is 0 Å². The van der Waals surface area contributed by atoms with E-state index in [9.17, 15) is 18.0 Å². The summed E-state index contributed by atoms with van der Waals surface area (Å²) < 4.78 is 43.8. The summed E-state index contributed by atoms with van der Waals surface area (Å²) in [5.41, 5.74) is 1.03. The number of nitrogens with one attached hydrogen (secondary N) is 1. The number of amides is 1. The van der Waals surface area contributed by atoms with Crippen LogP contribution in [0.2, 0.25) is 0 Å². The lowest BCUT2D eigenvalue weighted by Crippen LogP contribution is -2.36. The Morgan fingerprint density at radius 3 is 2.73 bits per heavy atom. The number of nitrogens with zero attached hydrogens (tertiary/aromatic N) is 1. The van der Waals surface area contributed by atoms with Crippen LogP contribution in [0.3, 0.4) is 0 Å². The predicted molar refractivity (Wildman–Crippen MR) is 109 cm³/mol. The van der Waals surface area contributed by atoms with Gasteiger partial charge in [0.2, 0.25) is 5.91 Å². The van der Waals surface area contributed by atoms with Gasteiger partial charge in [-0.25, -0.2) is 0 Å².